The van der Waals surface area contributed by atoms with Gasteiger partial charge in [-0.2, -0.15) is 0 Å². The average molecular weight is 392 g/mol. The first-order valence-corrected chi connectivity index (χ1v) is 8.61. The fourth-order valence-electron chi connectivity index (χ4n) is 3.03. The molecule has 0 bridgehead atoms. The van der Waals surface area contributed by atoms with Crippen molar-refractivity contribution in [3.05, 3.63) is 76.0 Å². The Kier molecular flexibility index (Phi) is 5.02. The highest BCUT2D eigenvalue weighted by molar-refractivity contribution is 6.30. The summed E-state index contributed by atoms with van der Waals surface area (Å²) in [6, 6.07) is 8.36. The largest absolute Gasteiger partial charge is 0.503 e. The smallest absolute Gasteiger partial charge is 0.294 e. The summed E-state index contributed by atoms with van der Waals surface area (Å²) in [5, 5.41) is 10.8. The Bertz CT molecular complexity index is 954. The lowest BCUT2D eigenvalue weighted by atomic mass is 9.91. The van der Waals surface area contributed by atoms with Crippen LogP contribution in [0.4, 0.5) is 14.5 Å². The maximum Gasteiger partial charge on any atom is 0.294 e. The first-order valence-electron chi connectivity index (χ1n) is 8.23. The highest BCUT2D eigenvalue weighted by Gasteiger charge is 2.44. The molecule has 1 atom stereocenters. The van der Waals surface area contributed by atoms with Crippen LogP contribution in [0.3, 0.4) is 0 Å². The van der Waals surface area contributed by atoms with Crippen LogP contribution >= 0.6 is 11.6 Å². The SMILES string of the molecule is CC(C)C(=O)C1=C(O)C(=O)N(c2ccc(F)c(F)c2)C1c1ccc(Cl)cc1. The Labute approximate surface area is 159 Å². The third-order valence-electron chi connectivity index (χ3n) is 4.37. The highest BCUT2D eigenvalue weighted by Crippen LogP contribution is 2.42. The van der Waals surface area contributed by atoms with Gasteiger partial charge in [0, 0.05) is 22.7 Å². The third-order valence-corrected chi connectivity index (χ3v) is 4.62. The Morgan fingerprint density at radius 1 is 1.11 bits per heavy atom. The molecule has 3 rings (SSSR count). The number of ketones is 1. The normalized spacial score (nSPS) is 17.2. The van der Waals surface area contributed by atoms with Crippen LogP contribution in [0.25, 0.3) is 0 Å². The van der Waals surface area contributed by atoms with Crippen LogP contribution in [-0.2, 0) is 9.59 Å². The molecule has 1 aliphatic heterocycles. The van der Waals surface area contributed by atoms with Crippen LogP contribution < -0.4 is 4.90 Å². The van der Waals surface area contributed by atoms with Crippen molar-refractivity contribution in [2.75, 3.05) is 4.90 Å². The van der Waals surface area contributed by atoms with Crippen LogP contribution in [-0.4, -0.2) is 16.8 Å². The molecule has 7 heteroatoms. The van der Waals surface area contributed by atoms with E-state index in [9.17, 15) is 23.5 Å². The van der Waals surface area contributed by atoms with Crippen molar-refractivity contribution >= 4 is 29.0 Å². The second-order valence-electron chi connectivity index (χ2n) is 6.51. The number of aliphatic hydroxyl groups is 1. The summed E-state index contributed by atoms with van der Waals surface area (Å²) in [4.78, 5) is 26.5. The molecule has 2 aromatic rings. The molecule has 27 heavy (non-hydrogen) atoms. The number of amides is 1. The fraction of sp³-hybridized carbons (Fsp3) is 0.200. The molecule has 1 heterocycles. The molecule has 1 N–H and O–H groups in total. The molecule has 0 saturated heterocycles. The molecule has 0 spiro atoms. The molecule has 140 valence electrons. The topological polar surface area (TPSA) is 57.6 Å². The number of rotatable bonds is 4. The monoisotopic (exact) mass is 391 g/mol. The van der Waals surface area contributed by atoms with Crippen molar-refractivity contribution in [2.24, 2.45) is 5.92 Å². The molecule has 1 aliphatic rings. The number of anilines is 1. The molecule has 0 radical (unpaired) electrons. The Hall–Kier alpha value is -2.73. The van der Waals surface area contributed by atoms with Crippen molar-refractivity contribution in [1.82, 2.24) is 0 Å². The van der Waals surface area contributed by atoms with Gasteiger partial charge in [-0.25, -0.2) is 8.78 Å². The van der Waals surface area contributed by atoms with Crippen molar-refractivity contribution in [2.45, 2.75) is 19.9 Å². The Balaban J connectivity index is 2.20. The number of nitrogens with zero attached hydrogens (tertiary/aromatic N) is 1. The maximum absolute atomic E-state index is 13.7. The number of hydrogen-bond acceptors (Lipinski definition) is 3. The van der Waals surface area contributed by atoms with E-state index in [1.807, 2.05) is 0 Å². The van der Waals surface area contributed by atoms with Crippen molar-refractivity contribution < 1.29 is 23.5 Å². The van der Waals surface area contributed by atoms with Gasteiger partial charge >= 0.3 is 0 Å². The number of halogens is 3. The Morgan fingerprint density at radius 3 is 2.30 bits per heavy atom. The van der Waals surface area contributed by atoms with Gasteiger partial charge in [-0.15, -0.1) is 0 Å². The standard InChI is InChI=1S/C20H16ClF2NO3/c1-10(2)18(25)16-17(11-3-5-12(21)6-4-11)24(20(27)19(16)26)13-7-8-14(22)15(23)9-13/h3-10,17,26H,1-2H3. The summed E-state index contributed by atoms with van der Waals surface area (Å²) >= 11 is 5.92. The summed E-state index contributed by atoms with van der Waals surface area (Å²) in [6.45, 7) is 3.29. The van der Waals surface area contributed by atoms with Gasteiger partial charge in [-0.3, -0.25) is 14.5 Å². The van der Waals surface area contributed by atoms with Crippen LogP contribution in [0.5, 0.6) is 0 Å². The minimum atomic E-state index is -1.14. The number of hydrogen-bond donors (Lipinski definition) is 1. The van der Waals surface area contributed by atoms with E-state index in [4.69, 9.17) is 11.6 Å². The summed E-state index contributed by atoms with van der Waals surface area (Å²) < 4.78 is 27.1. The summed E-state index contributed by atoms with van der Waals surface area (Å²) in [7, 11) is 0. The van der Waals surface area contributed by atoms with Crippen LogP contribution in [0, 0.1) is 17.6 Å². The number of carbonyl (C=O) groups excluding carboxylic acids is 2. The lowest BCUT2D eigenvalue weighted by molar-refractivity contribution is -0.119. The second-order valence-corrected chi connectivity index (χ2v) is 6.95. The van der Waals surface area contributed by atoms with E-state index in [0.717, 1.165) is 17.0 Å². The molecule has 0 saturated carbocycles. The minimum absolute atomic E-state index is 0.0250. The van der Waals surface area contributed by atoms with Crippen LogP contribution in [0.2, 0.25) is 5.02 Å². The summed E-state index contributed by atoms with van der Waals surface area (Å²) in [5.41, 5.74) is 0.449. The number of Topliss-reactive ketones (excluding diaryl/α,β-unsaturated/α-hetero) is 1. The van der Waals surface area contributed by atoms with E-state index in [2.05, 4.69) is 0 Å². The van der Waals surface area contributed by atoms with Crippen molar-refractivity contribution in [3.8, 4) is 0 Å². The predicted molar refractivity (Wildman–Crippen MR) is 97.5 cm³/mol. The van der Waals surface area contributed by atoms with Gasteiger partial charge in [0.25, 0.3) is 5.91 Å². The quantitative estimate of drug-likeness (QED) is 0.818. The second kappa shape index (κ2) is 7.12. The molecule has 0 fully saturated rings. The maximum atomic E-state index is 13.7. The summed E-state index contributed by atoms with van der Waals surface area (Å²) in [6.07, 6.45) is 0. The zero-order valence-corrected chi connectivity index (χ0v) is 15.3. The van der Waals surface area contributed by atoms with Gasteiger partial charge in [-0.1, -0.05) is 37.6 Å². The highest BCUT2D eigenvalue weighted by atomic mass is 35.5. The lowest BCUT2D eigenvalue weighted by Crippen LogP contribution is -2.31. The minimum Gasteiger partial charge on any atom is -0.503 e. The average Bonchev–Trinajstić information content (AvgIpc) is 2.89. The number of benzene rings is 2. The molecule has 1 unspecified atom stereocenters. The van der Waals surface area contributed by atoms with Gasteiger partial charge < -0.3 is 5.11 Å². The molecule has 0 aromatic heterocycles. The van der Waals surface area contributed by atoms with Gasteiger partial charge in [-0.05, 0) is 29.8 Å². The third kappa shape index (κ3) is 3.32. The van der Waals surface area contributed by atoms with Crippen LogP contribution in [0.15, 0.2) is 53.8 Å². The van der Waals surface area contributed by atoms with E-state index in [1.54, 1.807) is 38.1 Å². The van der Waals surface area contributed by atoms with E-state index >= 15 is 0 Å². The fourth-order valence-corrected chi connectivity index (χ4v) is 3.16. The van der Waals surface area contributed by atoms with E-state index in [1.165, 1.54) is 6.07 Å². The van der Waals surface area contributed by atoms with Gasteiger partial charge in [0.1, 0.15) is 0 Å². The van der Waals surface area contributed by atoms with E-state index in [0.29, 0.717) is 10.6 Å². The zero-order valence-electron chi connectivity index (χ0n) is 14.5. The molecule has 0 aliphatic carbocycles. The van der Waals surface area contributed by atoms with Crippen molar-refractivity contribution in [1.29, 1.82) is 0 Å². The van der Waals surface area contributed by atoms with Gasteiger partial charge in [0.2, 0.25) is 0 Å². The van der Waals surface area contributed by atoms with E-state index < -0.39 is 41.0 Å². The lowest BCUT2D eigenvalue weighted by Gasteiger charge is -2.27. The molecule has 2 aromatic carbocycles. The summed E-state index contributed by atoms with van der Waals surface area (Å²) in [5.74, 6) is -4.65. The molecule has 1 amide bonds. The molecule has 4 nitrogen and oxygen atoms in total. The number of carbonyl (C=O) groups is 2. The van der Waals surface area contributed by atoms with Crippen molar-refractivity contribution in [3.63, 3.8) is 0 Å². The molecular weight excluding hydrogens is 376 g/mol. The van der Waals surface area contributed by atoms with Crippen LogP contribution in [0.1, 0.15) is 25.5 Å². The first-order chi connectivity index (χ1) is 12.7. The Morgan fingerprint density at radius 2 is 1.74 bits per heavy atom. The number of aliphatic hydroxyl groups excluding tert-OH is 1. The zero-order chi connectivity index (χ0) is 19.9. The predicted octanol–water partition coefficient (Wildman–Crippen LogP) is 4.74. The first kappa shape index (κ1) is 19.0. The van der Waals surface area contributed by atoms with Gasteiger partial charge in [0.05, 0.1) is 11.6 Å². The van der Waals surface area contributed by atoms with Gasteiger partial charge in [0.15, 0.2) is 23.2 Å². The molecular formula is C20H16ClF2NO3. The van der Waals surface area contributed by atoms with E-state index in [-0.39, 0.29) is 11.3 Å².